The number of hydrogen-bond acceptors (Lipinski definition) is 3. The van der Waals surface area contributed by atoms with Crippen LogP contribution in [0.4, 0.5) is 0 Å². The van der Waals surface area contributed by atoms with E-state index in [2.05, 4.69) is 0 Å². The topological polar surface area (TPSA) is 48.4 Å². The van der Waals surface area contributed by atoms with Crippen LogP contribution in [-0.4, -0.2) is 12.1 Å². The molecule has 1 aromatic rings. The molecule has 0 amide bonds. The molecule has 1 aliphatic carbocycles. The highest BCUT2D eigenvalue weighted by Gasteiger charge is 2.19. The Morgan fingerprint density at radius 3 is 3.14 bits per heavy atom. The zero-order valence-corrected chi connectivity index (χ0v) is 8.32. The average Bonchev–Trinajstić information content (AvgIpc) is 2.67. The van der Waals surface area contributed by atoms with E-state index in [-0.39, 0.29) is 0 Å². The first kappa shape index (κ1) is 9.74. The Kier molecular flexibility index (Phi) is 3.22. The van der Waals surface area contributed by atoms with Crippen LogP contribution in [0.5, 0.6) is 0 Å². The van der Waals surface area contributed by atoms with Crippen LogP contribution in [0, 0.1) is 0 Å². The molecule has 14 heavy (non-hydrogen) atoms. The number of ether oxygens (including phenoxy) is 1. The summed E-state index contributed by atoms with van der Waals surface area (Å²) < 4.78 is 10.7. The predicted octanol–water partition coefficient (Wildman–Crippen LogP) is 2.07. The molecule has 0 aromatic carbocycles. The van der Waals surface area contributed by atoms with E-state index < -0.39 is 0 Å². The largest absolute Gasteiger partial charge is 0.472 e. The van der Waals surface area contributed by atoms with E-state index in [1.54, 1.807) is 12.5 Å². The van der Waals surface area contributed by atoms with Crippen molar-refractivity contribution < 1.29 is 9.15 Å². The number of rotatable bonds is 3. The number of nitrogens with two attached hydrogens (primary N) is 1. The van der Waals surface area contributed by atoms with Crippen LogP contribution in [0.1, 0.15) is 31.2 Å². The quantitative estimate of drug-likeness (QED) is 0.803. The van der Waals surface area contributed by atoms with Crippen LogP contribution in [0.2, 0.25) is 0 Å². The summed E-state index contributed by atoms with van der Waals surface area (Å²) >= 11 is 0. The minimum atomic E-state index is 0.332. The normalized spacial score (nSPS) is 27.8. The third-order valence-electron chi connectivity index (χ3n) is 2.73. The Balaban J connectivity index is 1.75. The molecule has 0 aliphatic heterocycles. The monoisotopic (exact) mass is 195 g/mol. The molecule has 2 atom stereocenters. The molecular formula is C11H17NO2. The molecule has 2 N–H and O–H groups in total. The lowest BCUT2D eigenvalue weighted by Gasteiger charge is -2.26. The van der Waals surface area contributed by atoms with Crippen LogP contribution >= 0.6 is 0 Å². The van der Waals surface area contributed by atoms with Gasteiger partial charge in [0.2, 0.25) is 0 Å². The van der Waals surface area contributed by atoms with E-state index in [0.29, 0.717) is 18.8 Å². The molecule has 3 nitrogen and oxygen atoms in total. The van der Waals surface area contributed by atoms with Crippen molar-refractivity contribution in [2.24, 2.45) is 5.73 Å². The maximum Gasteiger partial charge on any atom is 0.0957 e. The lowest BCUT2D eigenvalue weighted by Crippen LogP contribution is -2.32. The van der Waals surface area contributed by atoms with Crippen molar-refractivity contribution in [2.75, 3.05) is 0 Å². The van der Waals surface area contributed by atoms with Gasteiger partial charge in [-0.15, -0.1) is 0 Å². The highest BCUT2D eigenvalue weighted by molar-refractivity contribution is 5.03. The van der Waals surface area contributed by atoms with E-state index in [1.165, 1.54) is 6.42 Å². The van der Waals surface area contributed by atoms with Gasteiger partial charge in [-0.3, -0.25) is 0 Å². The van der Waals surface area contributed by atoms with E-state index in [0.717, 1.165) is 24.8 Å². The summed E-state index contributed by atoms with van der Waals surface area (Å²) in [6.45, 7) is 0.647. The summed E-state index contributed by atoms with van der Waals surface area (Å²) in [7, 11) is 0. The molecule has 0 spiro atoms. The summed E-state index contributed by atoms with van der Waals surface area (Å²) in [5.74, 6) is 0. The summed E-state index contributed by atoms with van der Waals surface area (Å²) in [5, 5.41) is 0. The number of hydrogen-bond donors (Lipinski definition) is 1. The average molecular weight is 195 g/mol. The Morgan fingerprint density at radius 1 is 1.50 bits per heavy atom. The Bertz CT molecular complexity index is 258. The van der Waals surface area contributed by atoms with Crippen molar-refractivity contribution in [3.63, 3.8) is 0 Å². The molecule has 1 fully saturated rings. The second-order valence-corrected chi connectivity index (χ2v) is 3.99. The van der Waals surface area contributed by atoms with Crippen molar-refractivity contribution in [2.45, 2.75) is 44.4 Å². The second kappa shape index (κ2) is 4.62. The Hall–Kier alpha value is -0.800. The van der Waals surface area contributed by atoms with Gasteiger partial charge in [0, 0.05) is 11.6 Å². The molecule has 1 heterocycles. The van der Waals surface area contributed by atoms with Gasteiger partial charge >= 0.3 is 0 Å². The first-order chi connectivity index (χ1) is 6.84. The maximum atomic E-state index is 5.88. The summed E-state index contributed by atoms with van der Waals surface area (Å²) in [5.41, 5.74) is 6.98. The van der Waals surface area contributed by atoms with Crippen molar-refractivity contribution in [1.82, 2.24) is 0 Å². The Labute approximate surface area is 84.2 Å². The molecule has 1 aromatic heterocycles. The number of furan rings is 1. The molecule has 0 saturated heterocycles. The standard InChI is InChI=1S/C11H17NO2/c12-10-2-1-3-11(6-10)14-8-9-4-5-13-7-9/h4-5,7,10-11H,1-3,6,8,12H2. The summed E-state index contributed by atoms with van der Waals surface area (Å²) in [6.07, 6.45) is 8.22. The van der Waals surface area contributed by atoms with Gasteiger partial charge < -0.3 is 14.9 Å². The first-order valence-electron chi connectivity index (χ1n) is 5.23. The molecule has 1 saturated carbocycles. The van der Waals surface area contributed by atoms with Gasteiger partial charge in [-0.1, -0.05) is 0 Å². The van der Waals surface area contributed by atoms with Gasteiger partial charge in [-0.2, -0.15) is 0 Å². The summed E-state index contributed by atoms with van der Waals surface area (Å²) in [4.78, 5) is 0. The van der Waals surface area contributed by atoms with E-state index >= 15 is 0 Å². The van der Waals surface area contributed by atoms with Crippen LogP contribution in [0.25, 0.3) is 0 Å². The molecule has 2 rings (SSSR count). The van der Waals surface area contributed by atoms with E-state index in [1.807, 2.05) is 6.07 Å². The molecule has 1 aliphatic rings. The minimum absolute atomic E-state index is 0.332. The van der Waals surface area contributed by atoms with Crippen LogP contribution in [-0.2, 0) is 11.3 Å². The maximum absolute atomic E-state index is 5.88. The van der Waals surface area contributed by atoms with Crippen LogP contribution in [0.3, 0.4) is 0 Å². The van der Waals surface area contributed by atoms with Gasteiger partial charge in [0.15, 0.2) is 0 Å². The molecule has 0 bridgehead atoms. The van der Waals surface area contributed by atoms with Crippen LogP contribution in [0.15, 0.2) is 23.0 Å². The van der Waals surface area contributed by atoms with Gasteiger partial charge in [-0.05, 0) is 31.7 Å². The zero-order chi connectivity index (χ0) is 9.80. The summed E-state index contributed by atoms with van der Waals surface area (Å²) in [6, 6.07) is 2.26. The fourth-order valence-electron chi connectivity index (χ4n) is 1.92. The van der Waals surface area contributed by atoms with E-state index in [4.69, 9.17) is 14.9 Å². The lowest BCUT2D eigenvalue weighted by atomic mass is 9.93. The zero-order valence-electron chi connectivity index (χ0n) is 8.32. The highest BCUT2D eigenvalue weighted by Crippen LogP contribution is 2.20. The van der Waals surface area contributed by atoms with Crippen LogP contribution < -0.4 is 5.73 Å². The molecule has 0 radical (unpaired) electrons. The predicted molar refractivity (Wildman–Crippen MR) is 53.7 cm³/mol. The SMILES string of the molecule is NC1CCCC(OCc2ccoc2)C1. The Morgan fingerprint density at radius 2 is 2.43 bits per heavy atom. The lowest BCUT2D eigenvalue weighted by molar-refractivity contribution is 0.0121. The third kappa shape index (κ3) is 2.59. The van der Waals surface area contributed by atoms with Crippen molar-refractivity contribution >= 4 is 0 Å². The molecule has 3 heteroatoms. The minimum Gasteiger partial charge on any atom is -0.472 e. The fourth-order valence-corrected chi connectivity index (χ4v) is 1.92. The second-order valence-electron chi connectivity index (χ2n) is 3.99. The molecule has 2 unspecified atom stereocenters. The fraction of sp³-hybridized carbons (Fsp3) is 0.636. The van der Waals surface area contributed by atoms with Gasteiger partial charge in [0.25, 0.3) is 0 Å². The van der Waals surface area contributed by atoms with E-state index in [9.17, 15) is 0 Å². The molecule has 78 valence electrons. The third-order valence-corrected chi connectivity index (χ3v) is 2.73. The first-order valence-corrected chi connectivity index (χ1v) is 5.23. The van der Waals surface area contributed by atoms with Crippen molar-refractivity contribution in [3.8, 4) is 0 Å². The van der Waals surface area contributed by atoms with Crippen molar-refractivity contribution in [3.05, 3.63) is 24.2 Å². The smallest absolute Gasteiger partial charge is 0.0957 e. The van der Waals surface area contributed by atoms with Gasteiger partial charge in [-0.25, -0.2) is 0 Å². The molecular weight excluding hydrogens is 178 g/mol. The highest BCUT2D eigenvalue weighted by atomic mass is 16.5. The van der Waals surface area contributed by atoms with Gasteiger partial charge in [0.1, 0.15) is 0 Å². The van der Waals surface area contributed by atoms with Gasteiger partial charge in [0.05, 0.1) is 25.2 Å². The van der Waals surface area contributed by atoms with Crippen molar-refractivity contribution in [1.29, 1.82) is 0 Å².